The van der Waals surface area contributed by atoms with E-state index in [0.29, 0.717) is 12.8 Å². The maximum absolute atomic E-state index is 13.0. The number of nitrogens with one attached hydrogen (secondary N) is 3. The summed E-state index contributed by atoms with van der Waals surface area (Å²) in [6.45, 7) is 7.68. The molecule has 2 aromatic rings. The highest BCUT2D eigenvalue weighted by atomic mass is 16.5. The number of rotatable bonds is 10. The molecule has 0 fully saturated rings. The first-order valence-electron chi connectivity index (χ1n) is 11.7. The molecule has 4 N–H and O–H groups in total. The van der Waals surface area contributed by atoms with E-state index in [0.717, 1.165) is 12.0 Å². The molecule has 0 aliphatic carbocycles. The Morgan fingerprint density at radius 3 is 2.24 bits per heavy atom. The molecule has 0 aromatic heterocycles. The minimum absolute atomic E-state index is 0.154. The quantitative estimate of drug-likeness (QED) is 0.315. The van der Waals surface area contributed by atoms with Crippen molar-refractivity contribution < 1.29 is 19.6 Å². The molecule has 7 nitrogen and oxygen atoms in total. The minimum Gasteiger partial charge on any atom is -0.357 e. The smallest absolute Gasteiger partial charge is 0.244 e. The van der Waals surface area contributed by atoms with E-state index in [4.69, 9.17) is 5.21 Å². The zero-order valence-corrected chi connectivity index (χ0v) is 20.8. The Kier molecular flexibility index (Phi) is 9.81. The number of carbonyl (C=O) groups is 3. The number of hydrogen-bond donors (Lipinski definition) is 4. The maximum Gasteiger partial charge on any atom is 0.244 e. The van der Waals surface area contributed by atoms with Crippen molar-refractivity contribution in [2.24, 2.45) is 11.3 Å². The van der Waals surface area contributed by atoms with Gasteiger partial charge in [0, 0.05) is 19.4 Å². The molecule has 0 radical (unpaired) electrons. The molecule has 3 amide bonds. The standard InChI is InChI=1S/C27H37N3O4/c1-18-16-19(14-15-22(18)20-11-7-6-8-12-20)10-9-13-21(17-23(31)30-34)25(32)29-24(26(33)28-5)27(2,3)4/h6-8,11-12,14-16,21,24,34H,9-10,13,17H2,1-5H3,(H,28,33)(H,29,32)(H,30,31)/t21-,24-/m1/s1. The highest BCUT2D eigenvalue weighted by Crippen LogP contribution is 2.25. The van der Waals surface area contributed by atoms with Crippen LogP contribution in [0.1, 0.15) is 51.2 Å². The van der Waals surface area contributed by atoms with Crippen molar-refractivity contribution in [3.8, 4) is 11.1 Å². The molecule has 0 aliphatic heterocycles. The van der Waals surface area contributed by atoms with Crippen LogP contribution in [0, 0.1) is 18.3 Å². The van der Waals surface area contributed by atoms with Crippen LogP contribution in [0.5, 0.6) is 0 Å². The predicted molar refractivity (Wildman–Crippen MR) is 133 cm³/mol. The highest BCUT2D eigenvalue weighted by molar-refractivity contribution is 5.90. The lowest BCUT2D eigenvalue weighted by Crippen LogP contribution is -2.54. The van der Waals surface area contributed by atoms with Crippen LogP contribution in [-0.4, -0.2) is 36.0 Å². The molecule has 0 saturated carbocycles. The molecule has 2 rings (SSSR count). The van der Waals surface area contributed by atoms with Gasteiger partial charge in [-0.25, -0.2) is 5.48 Å². The second-order valence-electron chi connectivity index (χ2n) is 9.77. The highest BCUT2D eigenvalue weighted by Gasteiger charge is 2.34. The van der Waals surface area contributed by atoms with Gasteiger partial charge in [0.15, 0.2) is 0 Å². The average molecular weight is 468 g/mol. The zero-order valence-electron chi connectivity index (χ0n) is 20.8. The Balaban J connectivity index is 2.07. The lowest BCUT2D eigenvalue weighted by atomic mass is 9.85. The second kappa shape index (κ2) is 12.3. The van der Waals surface area contributed by atoms with Crippen LogP contribution in [0.25, 0.3) is 11.1 Å². The van der Waals surface area contributed by atoms with Crippen molar-refractivity contribution in [1.82, 2.24) is 16.1 Å². The van der Waals surface area contributed by atoms with Crippen molar-refractivity contribution in [2.45, 2.75) is 59.4 Å². The monoisotopic (exact) mass is 467 g/mol. The van der Waals surface area contributed by atoms with E-state index < -0.39 is 23.3 Å². The molecule has 34 heavy (non-hydrogen) atoms. The van der Waals surface area contributed by atoms with Gasteiger partial charge in [-0.15, -0.1) is 0 Å². The van der Waals surface area contributed by atoms with Crippen LogP contribution in [0.15, 0.2) is 48.5 Å². The third-order valence-corrected chi connectivity index (χ3v) is 5.98. The molecule has 0 saturated heterocycles. The summed E-state index contributed by atoms with van der Waals surface area (Å²) in [6.07, 6.45) is 1.72. The summed E-state index contributed by atoms with van der Waals surface area (Å²) >= 11 is 0. The number of benzene rings is 2. The molecule has 0 spiro atoms. The normalized spacial score (nSPS) is 13.0. The summed E-state index contributed by atoms with van der Waals surface area (Å²) in [5.41, 5.74) is 5.79. The first kappa shape index (κ1) is 27.1. The molecule has 0 heterocycles. The first-order chi connectivity index (χ1) is 16.1. The molecule has 0 bridgehead atoms. The van der Waals surface area contributed by atoms with E-state index in [1.54, 1.807) is 5.48 Å². The van der Waals surface area contributed by atoms with E-state index in [1.165, 1.54) is 23.7 Å². The lowest BCUT2D eigenvalue weighted by Gasteiger charge is -2.31. The molecule has 2 aromatic carbocycles. The Hall–Kier alpha value is -3.19. The fourth-order valence-electron chi connectivity index (χ4n) is 4.05. The Morgan fingerprint density at radius 2 is 1.68 bits per heavy atom. The van der Waals surface area contributed by atoms with Crippen LogP contribution in [0.3, 0.4) is 0 Å². The van der Waals surface area contributed by atoms with Crippen LogP contribution in [-0.2, 0) is 20.8 Å². The fraction of sp³-hybridized carbons (Fsp3) is 0.444. The molecule has 0 aliphatic rings. The van der Waals surface area contributed by atoms with Gasteiger partial charge >= 0.3 is 0 Å². The van der Waals surface area contributed by atoms with Gasteiger partial charge in [-0.1, -0.05) is 69.3 Å². The Labute approximate surface area is 202 Å². The van der Waals surface area contributed by atoms with Gasteiger partial charge in [0.25, 0.3) is 0 Å². The van der Waals surface area contributed by atoms with Crippen molar-refractivity contribution >= 4 is 17.7 Å². The van der Waals surface area contributed by atoms with Crippen LogP contribution >= 0.6 is 0 Å². The number of carbonyl (C=O) groups excluding carboxylic acids is 3. The van der Waals surface area contributed by atoms with E-state index in [2.05, 4.69) is 47.9 Å². The second-order valence-corrected chi connectivity index (χ2v) is 9.77. The first-order valence-corrected chi connectivity index (χ1v) is 11.7. The summed E-state index contributed by atoms with van der Waals surface area (Å²) < 4.78 is 0. The number of hydrogen-bond acceptors (Lipinski definition) is 4. The summed E-state index contributed by atoms with van der Waals surface area (Å²) in [7, 11) is 1.52. The Morgan fingerprint density at radius 1 is 1.00 bits per heavy atom. The number of amides is 3. The van der Waals surface area contributed by atoms with Crippen LogP contribution in [0.4, 0.5) is 0 Å². The molecular weight excluding hydrogens is 430 g/mol. The van der Waals surface area contributed by atoms with Crippen molar-refractivity contribution in [1.29, 1.82) is 0 Å². The van der Waals surface area contributed by atoms with Crippen molar-refractivity contribution in [2.75, 3.05) is 7.05 Å². The third-order valence-electron chi connectivity index (χ3n) is 5.98. The summed E-state index contributed by atoms with van der Waals surface area (Å²) in [6, 6.07) is 15.8. The molecule has 184 valence electrons. The number of aryl methyl sites for hydroxylation is 2. The van der Waals surface area contributed by atoms with E-state index in [9.17, 15) is 14.4 Å². The summed E-state index contributed by atoms with van der Waals surface area (Å²) in [4.78, 5) is 37.2. The van der Waals surface area contributed by atoms with Gasteiger partial charge in [0.1, 0.15) is 6.04 Å². The molecular formula is C27H37N3O4. The third kappa shape index (κ3) is 7.70. The number of likely N-dealkylation sites (N-methyl/N-ethyl adjacent to an activating group) is 1. The van der Waals surface area contributed by atoms with Crippen molar-refractivity contribution in [3.63, 3.8) is 0 Å². The lowest BCUT2D eigenvalue weighted by molar-refractivity contribution is -0.137. The number of hydroxylamine groups is 1. The van der Waals surface area contributed by atoms with Crippen LogP contribution in [0.2, 0.25) is 0 Å². The van der Waals surface area contributed by atoms with E-state index in [1.807, 2.05) is 39.0 Å². The predicted octanol–water partition coefficient (Wildman–Crippen LogP) is 3.77. The van der Waals surface area contributed by atoms with Gasteiger partial charge < -0.3 is 10.6 Å². The van der Waals surface area contributed by atoms with Gasteiger partial charge in [0.2, 0.25) is 17.7 Å². The molecule has 0 unspecified atom stereocenters. The van der Waals surface area contributed by atoms with Gasteiger partial charge in [-0.3, -0.25) is 19.6 Å². The summed E-state index contributed by atoms with van der Waals surface area (Å²) in [5, 5.41) is 14.4. The van der Waals surface area contributed by atoms with E-state index in [-0.39, 0.29) is 18.2 Å². The zero-order chi connectivity index (χ0) is 25.3. The fourth-order valence-corrected chi connectivity index (χ4v) is 4.05. The maximum atomic E-state index is 13.0. The average Bonchev–Trinajstić information content (AvgIpc) is 2.81. The van der Waals surface area contributed by atoms with Crippen molar-refractivity contribution in [3.05, 3.63) is 59.7 Å². The minimum atomic E-state index is -0.738. The van der Waals surface area contributed by atoms with Gasteiger partial charge in [0.05, 0.1) is 0 Å². The van der Waals surface area contributed by atoms with Gasteiger partial charge in [-0.2, -0.15) is 0 Å². The van der Waals surface area contributed by atoms with E-state index >= 15 is 0 Å². The Bertz CT molecular complexity index is 983. The summed E-state index contributed by atoms with van der Waals surface area (Å²) in [5.74, 6) is -1.95. The molecule has 7 heteroatoms. The topological polar surface area (TPSA) is 108 Å². The largest absolute Gasteiger partial charge is 0.357 e. The molecule has 2 atom stereocenters. The van der Waals surface area contributed by atoms with Crippen LogP contribution < -0.4 is 16.1 Å². The van der Waals surface area contributed by atoms with Gasteiger partial charge in [-0.05, 0) is 53.9 Å². The SMILES string of the molecule is CNC(=O)[C@@H](NC(=O)[C@H](CCCc1ccc(-c2ccccc2)c(C)c1)CC(=O)NO)C(C)(C)C.